The molecule has 0 aliphatic heterocycles. The molecule has 15 heavy (non-hydrogen) atoms. The van der Waals surface area contributed by atoms with Crippen LogP contribution in [0, 0.1) is 11.3 Å². The van der Waals surface area contributed by atoms with Gasteiger partial charge < -0.3 is 15.2 Å². The van der Waals surface area contributed by atoms with E-state index >= 15 is 0 Å². The van der Waals surface area contributed by atoms with Crippen LogP contribution in [-0.4, -0.2) is 19.7 Å². The van der Waals surface area contributed by atoms with E-state index in [1.807, 2.05) is 6.07 Å². The monoisotopic (exact) mass is 206 g/mol. The molecule has 0 radical (unpaired) electrons. The number of carbonyl (C=O) groups excluding carboxylic acids is 1. The lowest BCUT2D eigenvalue weighted by atomic mass is 10.2. The van der Waals surface area contributed by atoms with Gasteiger partial charge in [0.1, 0.15) is 11.8 Å². The Morgan fingerprint density at radius 3 is 2.93 bits per heavy atom. The minimum absolute atomic E-state index is 0.0788. The standard InChI is InChI=1S/C10H10N2O3/c1-14-10(13)8-6-7(15-5-4-11)2-3-9(8)12/h2-3,6H,5,12H2,1H3. The van der Waals surface area contributed by atoms with Crippen molar-refractivity contribution < 1.29 is 14.3 Å². The molecule has 1 aromatic rings. The zero-order valence-corrected chi connectivity index (χ0v) is 8.19. The summed E-state index contributed by atoms with van der Waals surface area (Å²) in [5, 5.41) is 8.32. The van der Waals surface area contributed by atoms with E-state index in [4.69, 9.17) is 15.7 Å². The molecule has 1 rings (SSSR count). The summed E-state index contributed by atoms with van der Waals surface area (Å²) < 4.78 is 9.56. The Hall–Kier alpha value is -2.22. The SMILES string of the molecule is COC(=O)c1cc(OCC#N)ccc1N. The number of benzene rings is 1. The molecule has 0 amide bonds. The first kappa shape index (κ1) is 10.9. The van der Waals surface area contributed by atoms with Crippen molar-refractivity contribution in [3.63, 3.8) is 0 Å². The molecule has 78 valence electrons. The molecule has 0 atom stereocenters. The number of nitrogens with two attached hydrogens (primary N) is 1. The highest BCUT2D eigenvalue weighted by Gasteiger charge is 2.10. The predicted octanol–water partition coefficient (Wildman–Crippen LogP) is 0.958. The van der Waals surface area contributed by atoms with Gasteiger partial charge in [-0.2, -0.15) is 5.26 Å². The minimum Gasteiger partial charge on any atom is -0.479 e. The smallest absolute Gasteiger partial charge is 0.340 e. The van der Waals surface area contributed by atoms with E-state index in [0.29, 0.717) is 11.4 Å². The third-order valence-electron chi connectivity index (χ3n) is 1.73. The number of nitrogen functional groups attached to an aromatic ring is 1. The van der Waals surface area contributed by atoms with Crippen LogP contribution >= 0.6 is 0 Å². The first-order valence-electron chi connectivity index (χ1n) is 4.16. The number of hydrogen-bond acceptors (Lipinski definition) is 5. The van der Waals surface area contributed by atoms with Gasteiger partial charge in [-0.3, -0.25) is 0 Å². The molecule has 0 saturated heterocycles. The van der Waals surface area contributed by atoms with Gasteiger partial charge in [0, 0.05) is 5.69 Å². The topological polar surface area (TPSA) is 85.3 Å². The number of ether oxygens (including phenoxy) is 2. The summed E-state index contributed by atoms with van der Waals surface area (Å²) in [6.07, 6.45) is 0. The van der Waals surface area contributed by atoms with E-state index in [0.717, 1.165) is 0 Å². The highest BCUT2D eigenvalue weighted by Crippen LogP contribution is 2.20. The van der Waals surface area contributed by atoms with Gasteiger partial charge in [-0.1, -0.05) is 0 Å². The first-order chi connectivity index (χ1) is 7.19. The second-order valence-electron chi connectivity index (χ2n) is 2.69. The summed E-state index contributed by atoms with van der Waals surface area (Å²) in [6.45, 7) is -0.0788. The van der Waals surface area contributed by atoms with E-state index in [-0.39, 0.29) is 12.2 Å². The summed E-state index contributed by atoms with van der Waals surface area (Å²) in [7, 11) is 1.27. The molecule has 0 aliphatic carbocycles. The van der Waals surface area contributed by atoms with Crippen molar-refractivity contribution in [2.75, 3.05) is 19.5 Å². The van der Waals surface area contributed by atoms with Crippen LogP contribution in [0.3, 0.4) is 0 Å². The van der Waals surface area contributed by atoms with Crippen LogP contribution in [-0.2, 0) is 4.74 Å². The Labute approximate surface area is 87.0 Å². The van der Waals surface area contributed by atoms with Gasteiger partial charge in [0.25, 0.3) is 0 Å². The Bertz CT molecular complexity index is 410. The molecule has 2 N–H and O–H groups in total. The highest BCUT2D eigenvalue weighted by atomic mass is 16.5. The fourth-order valence-corrected chi connectivity index (χ4v) is 1.03. The fourth-order valence-electron chi connectivity index (χ4n) is 1.03. The van der Waals surface area contributed by atoms with Gasteiger partial charge in [-0.15, -0.1) is 0 Å². The number of nitrogens with zero attached hydrogens (tertiary/aromatic N) is 1. The van der Waals surface area contributed by atoms with Gasteiger partial charge >= 0.3 is 5.97 Å². The third kappa shape index (κ3) is 2.61. The van der Waals surface area contributed by atoms with E-state index in [9.17, 15) is 4.79 Å². The van der Waals surface area contributed by atoms with Gasteiger partial charge in [0.2, 0.25) is 0 Å². The third-order valence-corrected chi connectivity index (χ3v) is 1.73. The van der Waals surface area contributed by atoms with Crippen molar-refractivity contribution in [1.29, 1.82) is 5.26 Å². The second kappa shape index (κ2) is 4.86. The largest absolute Gasteiger partial charge is 0.479 e. The van der Waals surface area contributed by atoms with Crippen molar-refractivity contribution in [2.24, 2.45) is 0 Å². The number of rotatable bonds is 3. The van der Waals surface area contributed by atoms with Crippen LogP contribution < -0.4 is 10.5 Å². The van der Waals surface area contributed by atoms with Crippen molar-refractivity contribution in [1.82, 2.24) is 0 Å². The first-order valence-corrected chi connectivity index (χ1v) is 4.16. The van der Waals surface area contributed by atoms with Crippen LogP contribution in [0.15, 0.2) is 18.2 Å². The van der Waals surface area contributed by atoms with E-state index < -0.39 is 5.97 Å². The molecule has 0 unspecified atom stereocenters. The number of methoxy groups -OCH3 is 1. The molecule has 0 aliphatic rings. The normalized spacial score (nSPS) is 9.07. The lowest BCUT2D eigenvalue weighted by Gasteiger charge is -2.06. The van der Waals surface area contributed by atoms with Crippen LogP contribution in [0.1, 0.15) is 10.4 Å². The number of nitriles is 1. The number of carbonyl (C=O) groups is 1. The van der Waals surface area contributed by atoms with Crippen LogP contribution in [0.25, 0.3) is 0 Å². The molecule has 5 heteroatoms. The summed E-state index contributed by atoms with van der Waals surface area (Å²) in [5.41, 5.74) is 6.11. The Balaban J connectivity index is 2.96. The zero-order chi connectivity index (χ0) is 11.3. The second-order valence-corrected chi connectivity index (χ2v) is 2.69. The van der Waals surface area contributed by atoms with Crippen LogP contribution in [0.2, 0.25) is 0 Å². The Kier molecular flexibility index (Phi) is 3.52. The maximum Gasteiger partial charge on any atom is 0.340 e. The molecule has 5 nitrogen and oxygen atoms in total. The summed E-state index contributed by atoms with van der Waals surface area (Å²) in [5.74, 6) is -0.124. The average molecular weight is 206 g/mol. The number of anilines is 1. The number of esters is 1. The van der Waals surface area contributed by atoms with E-state index in [1.54, 1.807) is 6.07 Å². The maximum atomic E-state index is 11.2. The molecule has 0 heterocycles. The Morgan fingerprint density at radius 1 is 1.60 bits per heavy atom. The van der Waals surface area contributed by atoms with Gasteiger partial charge in [-0.05, 0) is 18.2 Å². The lowest BCUT2D eigenvalue weighted by molar-refractivity contribution is 0.0601. The quantitative estimate of drug-likeness (QED) is 0.588. The number of hydrogen-bond donors (Lipinski definition) is 1. The van der Waals surface area contributed by atoms with Crippen molar-refractivity contribution in [3.8, 4) is 11.8 Å². The lowest BCUT2D eigenvalue weighted by Crippen LogP contribution is -2.06. The average Bonchev–Trinajstić information content (AvgIpc) is 2.27. The highest BCUT2D eigenvalue weighted by molar-refractivity contribution is 5.95. The maximum absolute atomic E-state index is 11.2. The molecule has 0 spiro atoms. The molecule has 0 fully saturated rings. The Morgan fingerprint density at radius 2 is 2.33 bits per heavy atom. The van der Waals surface area contributed by atoms with Crippen LogP contribution in [0.5, 0.6) is 5.75 Å². The summed E-state index contributed by atoms with van der Waals surface area (Å²) in [4.78, 5) is 11.2. The molecule has 0 aromatic heterocycles. The predicted molar refractivity (Wildman–Crippen MR) is 53.3 cm³/mol. The van der Waals surface area contributed by atoms with E-state index in [2.05, 4.69) is 4.74 Å². The molecule has 1 aromatic carbocycles. The molecular formula is C10H10N2O3. The fraction of sp³-hybridized carbons (Fsp3) is 0.200. The molecule has 0 bridgehead atoms. The van der Waals surface area contributed by atoms with Gasteiger partial charge in [0.15, 0.2) is 6.61 Å². The molecule has 0 saturated carbocycles. The summed E-state index contributed by atoms with van der Waals surface area (Å²) >= 11 is 0. The summed E-state index contributed by atoms with van der Waals surface area (Å²) in [6, 6.07) is 6.38. The van der Waals surface area contributed by atoms with Gasteiger partial charge in [-0.25, -0.2) is 4.79 Å². The molecular weight excluding hydrogens is 196 g/mol. The van der Waals surface area contributed by atoms with Crippen molar-refractivity contribution in [2.45, 2.75) is 0 Å². The van der Waals surface area contributed by atoms with Crippen LogP contribution in [0.4, 0.5) is 5.69 Å². The van der Waals surface area contributed by atoms with Gasteiger partial charge in [0.05, 0.1) is 12.7 Å². The minimum atomic E-state index is -0.532. The van der Waals surface area contributed by atoms with Crippen molar-refractivity contribution in [3.05, 3.63) is 23.8 Å². The van der Waals surface area contributed by atoms with E-state index in [1.165, 1.54) is 19.2 Å². The van der Waals surface area contributed by atoms with Crippen molar-refractivity contribution >= 4 is 11.7 Å². The zero-order valence-electron chi connectivity index (χ0n) is 8.19.